The summed E-state index contributed by atoms with van der Waals surface area (Å²) in [5.74, 6) is -0.0190. The summed E-state index contributed by atoms with van der Waals surface area (Å²) in [6, 6.07) is 3.23. The molecule has 0 amide bonds. The number of H-pyrrole nitrogens is 1. The first kappa shape index (κ1) is 15.7. The Bertz CT molecular complexity index is 998. The number of aromatic amines is 1. The van der Waals surface area contributed by atoms with Gasteiger partial charge in [-0.3, -0.25) is 9.78 Å². The summed E-state index contributed by atoms with van der Waals surface area (Å²) in [6.45, 7) is 1.82. The van der Waals surface area contributed by atoms with Crippen LogP contribution in [0, 0.1) is 0 Å². The molecule has 0 saturated carbocycles. The lowest BCUT2D eigenvalue weighted by atomic mass is 10.2. The predicted octanol–water partition coefficient (Wildman–Crippen LogP) is 1.06. The zero-order chi connectivity index (χ0) is 17.3. The molecule has 0 saturated heterocycles. The average molecular weight is 330 g/mol. The molecular weight excluding hydrogens is 316 g/mol. The topological polar surface area (TPSA) is 116 Å². The second kappa shape index (κ2) is 6.11. The molecular formula is C15H14N4O5. The third-order valence-electron chi connectivity index (χ3n) is 3.28. The second-order valence-electron chi connectivity index (χ2n) is 4.73. The number of benzene rings is 1. The highest BCUT2D eigenvalue weighted by molar-refractivity contribution is 5.89. The molecule has 9 nitrogen and oxygen atoms in total. The maximum absolute atomic E-state index is 12.2. The van der Waals surface area contributed by atoms with Gasteiger partial charge in [-0.15, -0.1) is 0 Å². The Hall–Kier alpha value is -3.23. The van der Waals surface area contributed by atoms with Crippen molar-refractivity contribution in [3.05, 3.63) is 28.3 Å². The predicted molar refractivity (Wildman–Crippen MR) is 84.5 cm³/mol. The maximum atomic E-state index is 12.2. The SMILES string of the molecule is CCOC(=O)c1nc2nc3cc(OC)c(OC)cc3nc2c(=O)[nH]1. The minimum Gasteiger partial charge on any atom is -0.493 e. The Morgan fingerprint density at radius 2 is 1.71 bits per heavy atom. The van der Waals surface area contributed by atoms with Gasteiger partial charge in [-0.1, -0.05) is 0 Å². The molecule has 1 aromatic carbocycles. The maximum Gasteiger partial charge on any atom is 0.374 e. The summed E-state index contributed by atoms with van der Waals surface area (Å²) in [6.07, 6.45) is 0. The number of aromatic nitrogens is 4. The van der Waals surface area contributed by atoms with Crippen LogP contribution in [0.2, 0.25) is 0 Å². The third-order valence-corrected chi connectivity index (χ3v) is 3.28. The number of hydrogen-bond acceptors (Lipinski definition) is 8. The van der Waals surface area contributed by atoms with Crippen LogP contribution < -0.4 is 15.0 Å². The Morgan fingerprint density at radius 1 is 1.08 bits per heavy atom. The van der Waals surface area contributed by atoms with Crippen LogP contribution in [0.25, 0.3) is 22.2 Å². The fourth-order valence-electron chi connectivity index (χ4n) is 2.20. The Labute approximate surface area is 135 Å². The van der Waals surface area contributed by atoms with E-state index in [1.54, 1.807) is 19.1 Å². The Kier molecular flexibility index (Phi) is 3.98. The summed E-state index contributed by atoms with van der Waals surface area (Å²) < 4.78 is 15.3. The second-order valence-corrected chi connectivity index (χ2v) is 4.73. The lowest BCUT2D eigenvalue weighted by molar-refractivity contribution is 0.0512. The largest absolute Gasteiger partial charge is 0.493 e. The van der Waals surface area contributed by atoms with E-state index in [1.807, 2.05) is 0 Å². The van der Waals surface area contributed by atoms with E-state index >= 15 is 0 Å². The highest BCUT2D eigenvalue weighted by Gasteiger charge is 2.16. The van der Waals surface area contributed by atoms with Crippen LogP contribution in [0.1, 0.15) is 17.5 Å². The Balaban J connectivity index is 2.26. The fraction of sp³-hybridized carbons (Fsp3) is 0.267. The molecule has 3 aromatic rings. The van der Waals surface area contributed by atoms with E-state index in [1.165, 1.54) is 14.2 Å². The number of carbonyl (C=O) groups excluding carboxylic acids is 1. The van der Waals surface area contributed by atoms with E-state index < -0.39 is 11.5 Å². The first-order chi connectivity index (χ1) is 11.6. The normalized spacial score (nSPS) is 10.8. The minimum absolute atomic E-state index is 0.0165. The third kappa shape index (κ3) is 2.60. The highest BCUT2D eigenvalue weighted by atomic mass is 16.5. The van der Waals surface area contributed by atoms with Gasteiger partial charge >= 0.3 is 5.97 Å². The van der Waals surface area contributed by atoms with Crippen molar-refractivity contribution in [2.75, 3.05) is 20.8 Å². The number of esters is 1. The molecule has 0 fully saturated rings. The van der Waals surface area contributed by atoms with Crippen molar-refractivity contribution < 1.29 is 19.0 Å². The molecule has 0 bridgehead atoms. The van der Waals surface area contributed by atoms with E-state index in [4.69, 9.17) is 14.2 Å². The molecule has 2 aromatic heterocycles. The van der Waals surface area contributed by atoms with Crippen LogP contribution in [0.3, 0.4) is 0 Å². The fourth-order valence-corrected chi connectivity index (χ4v) is 2.20. The number of methoxy groups -OCH3 is 2. The van der Waals surface area contributed by atoms with Crippen LogP contribution in [-0.2, 0) is 4.74 Å². The smallest absolute Gasteiger partial charge is 0.374 e. The zero-order valence-corrected chi connectivity index (χ0v) is 13.2. The van der Waals surface area contributed by atoms with Gasteiger partial charge in [-0.25, -0.2) is 19.7 Å². The molecule has 0 aliphatic carbocycles. The van der Waals surface area contributed by atoms with Crippen LogP contribution in [0.4, 0.5) is 0 Å². The monoisotopic (exact) mass is 330 g/mol. The van der Waals surface area contributed by atoms with Crippen molar-refractivity contribution in [1.82, 2.24) is 19.9 Å². The van der Waals surface area contributed by atoms with Crippen LogP contribution in [0.5, 0.6) is 11.5 Å². The number of ether oxygens (including phenoxy) is 3. The molecule has 0 atom stereocenters. The summed E-state index contributed by atoms with van der Waals surface area (Å²) in [7, 11) is 3.00. The molecule has 2 heterocycles. The molecule has 0 spiro atoms. The van der Waals surface area contributed by atoms with Gasteiger partial charge in [0, 0.05) is 12.1 Å². The van der Waals surface area contributed by atoms with Crippen molar-refractivity contribution in [2.45, 2.75) is 6.92 Å². The first-order valence-electron chi connectivity index (χ1n) is 7.08. The molecule has 1 N–H and O–H groups in total. The molecule has 0 aliphatic rings. The van der Waals surface area contributed by atoms with Gasteiger partial charge in [0.05, 0.1) is 31.9 Å². The van der Waals surface area contributed by atoms with Gasteiger partial charge in [0.25, 0.3) is 5.56 Å². The van der Waals surface area contributed by atoms with Gasteiger partial charge in [-0.2, -0.15) is 0 Å². The molecule has 24 heavy (non-hydrogen) atoms. The molecule has 0 radical (unpaired) electrons. The van der Waals surface area contributed by atoms with Crippen LogP contribution >= 0.6 is 0 Å². The van der Waals surface area contributed by atoms with E-state index in [-0.39, 0.29) is 23.6 Å². The van der Waals surface area contributed by atoms with Crippen LogP contribution in [0.15, 0.2) is 16.9 Å². The number of nitrogens with zero attached hydrogens (tertiary/aromatic N) is 3. The van der Waals surface area contributed by atoms with Crippen molar-refractivity contribution >= 4 is 28.2 Å². The van der Waals surface area contributed by atoms with Crippen molar-refractivity contribution in [3.63, 3.8) is 0 Å². The summed E-state index contributed by atoms with van der Waals surface area (Å²) in [5, 5.41) is 0. The minimum atomic E-state index is -0.731. The van der Waals surface area contributed by atoms with Gasteiger partial charge in [0.1, 0.15) is 0 Å². The lowest BCUT2D eigenvalue weighted by Crippen LogP contribution is -2.19. The summed E-state index contributed by atoms with van der Waals surface area (Å²) in [5.41, 5.74) is 0.376. The van der Waals surface area contributed by atoms with Crippen molar-refractivity contribution in [3.8, 4) is 11.5 Å². The van der Waals surface area contributed by atoms with Gasteiger partial charge in [0.15, 0.2) is 22.7 Å². The van der Waals surface area contributed by atoms with Crippen LogP contribution in [-0.4, -0.2) is 46.7 Å². The van der Waals surface area contributed by atoms with E-state index in [0.29, 0.717) is 22.5 Å². The molecule has 0 unspecified atom stereocenters. The van der Waals surface area contributed by atoms with Gasteiger partial charge in [-0.05, 0) is 6.92 Å². The quantitative estimate of drug-likeness (QED) is 0.557. The number of nitrogens with one attached hydrogen (secondary N) is 1. The number of hydrogen-bond donors (Lipinski definition) is 1. The van der Waals surface area contributed by atoms with E-state index in [0.717, 1.165) is 0 Å². The molecule has 124 valence electrons. The van der Waals surface area contributed by atoms with E-state index in [9.17, 15) is 9.59 Å². The van der Waals surface area contributed by atoms with Crippen molar-refractivity contribution in [2.24, 2.45) is 0 Å². The lowest BCUT2D eigenvalue weighted by Gasteiger charge is -2.09. The summed E-state index contributed by atoms with van der Waals surface area (Å²) >= 11 is 0. The number of rotatable bonds is 4. The number of fused-ring (bicyclic) bond motifs is 2. The number of carbonyl (C=O) groups is 1. The van der Waals surface area contributed by atoms with Gasteiger partial charge in [0.2, 0.25) is 5.82 Å². The zero-order valence-electron chi connectivity index (χ0n) is 13.2. The molecule has 9 heteroatoms. The van der Waals surface area contributed by atoms with Crippen molar-refractivity contribution in [1.29, 1.82) is 0 Å². The first-order valence-corrected chi connectivity index (χ1v) is 7.08. The Morgan fingerprint density at radius 3 is 2.29 bits per heavy atom. The van der Waals surface area contributed by atoms with E-state index in [2.05, 4.69) is 19.9 Å². The molecule has 0 aliphatic heterocycles. The highest BCUT2D eigenvalue weighted by Crippen LogP contribution is 2.30. The summed E-state index contributed by atoms with van der Waals surface area (Å²) in [4.78, 5) is 38.8. The molecule has 3 rings (SSSR count). The average Bonchev–Trinajstić information content (AvgIpc) is 2.59. The standard InChI is InChI=1S/C15H14N4O5/c1-4-24-15(21)13-18-12-11(14(20)19-13)16-7-5-9(22-2)10(23-3)6-8(7)17-12/h5-6H,4H2,1-3H3,(H,17,18,19,20). The van der Waals surface area contributed by atoms with Gasteiger partial charge < -0.3 is 14.2 Å².